The van der Waals surface area contributed by atoms with E-state index in [0.29, 0.717) is 12.5 Å². The fraction of sp³-hybridized carbons (Fsp3) is 0.154. The molecule has 0 aliphatic carbocycles. The van der Waals surface area contributed by atoms with Gasteiger partial charge < -0.3 is 15.2 Å². The number of hydrogen-bond acceptors (Lipinski definition) is 5. The van der Waals surface area contributed by atoms with Crippen LogP contribution in [0.25, 0.3) is 0 Å². The minimum Gasteiger partial charge on any atom is -0.497 e. The van der Waals surface area contributed by atoms with Crippen molar-refractivity contribution < 1.29 is 14.3 Å². The van der Waals surface area contributed by atoms with Gasteiger partial charge in [0.2, 0.25) is 11.7 Å². The number of aromatic nitrogens is 2. The number of carbonyl (C=O) groups is 1. The second-order valence-electron chi connectivity index (χ2n) is 3.72. The quantitative estimate of drug-likeness (QED) is 0.870. The highest BCUT2D eigenvalue weighted by Crippen LogP contribution is 2.13. The number of amides is 1. The van der Waals surface area contributed by atoms with Crippen LogP contribution in [-0.2, 0) is 6.61 Å². The van der Waals surface area contributed by atoms with Crippen LogP contribution in [0.3, 0.4) is 0 Å². The first-order chi connectivity index (χ1) is 9.19. The van der Waals surface area contributed by atoms with Gasteiger partial charge in [-0.2, -0.15) is 4.98 Å². The molecule has 1 amide bonds. The van der Waals surface area contributed by atoms with Crippen molar-refractivity contribution in [2.75, 3.05) is 7.11 Å². The Hall–Kier alpha value is -2.63. The molecular formula is C13H13N3O3. The van der Waals surface area contributed by atoms with E-state index in [2.05, 4.69) is 9.97 Å². The van der Waals surface area contributed by atoms with E-state index >= 15 is 0 Å². The number of hydrogen-bond donors (Lipinski definition) is 1. The third-order valence-corrected chi connectivity index (χ3v) is 2.40. The van der Waals surface area contributed by atoms with E-state index in [0.717, 1.165) is 11.3 Å². The molecule has 0 spiro atoms. The van der Waals surface area contributed by atoms with Crippen LogP contribution in [0, 0.1) is 0 Å². The van der Waals surface area contributed by atoms with Gasteiger partial charge in [0.1, 0.15) is 12.4 Å². The van der Waals surface area contributed by atoms with Crippen LogP contribution in [0.2, 0.25) is 0 Å². The molecule has 98 valence electrons. The summed E-state index contributed by atoms with van der Waals surface area (Å²) >= 11 is 0. The molecule has 1 heterocycles. The molecule has 0 saturated heterocycles. The Morgan fingerprint density at radius 1 is 1.26 bits per heavy atom. The normalized spacial score (nSPS) is 9.95. The van der Waals surface area contributed by atoms with Gasteiger partial charge in [0.25, 0.3) is 5.91 Å². The SMILES string of the molecule is COc1ccc(COc2ccnc(C(N)=O)n2)cc1. The lowest BCUT2D eigenvalue weighted by molar-refractivity contribution is 0.0989. The molecule has 19 heavy (non-hydrogen) atoms. The summed E-state index contributed by atoms with van der Waals surface area (Å²) < 4.78 is 10.5. The number of carbonyl (C=O) groups excluding carboxylic acids is 1. The monoisotopic (exact) mass is 259 g/mol. The maximum atomic E-state index is 10.9. The molecule has 2 rings (SSSR count). The summed E-state index contributed by atoms with van der Waals surface area (Å²) in [5.74, 6) is 0.337. The van der Waals surface area contributed by atoms with E-state index in [4.69, 9.17) is 15.2 Å². The lowest BCUT2D eigenvalue weighted by Gasteiger charge is -2.06. The summed E-state index contributed by atoms with van der Waals surface area (Å²) in [5.41, 5.74) is 6.05. The second kappa shape index (κ2) is 5.81. The van der Waals surface area contributed by atoms with Crippen molar-refractivity contribution in [3.8, 4) is 11.6 Å². The molecule has 1 aromatic carbocycles. The second-order valence-corrected chi connectivity index (χ2v) is 3.72. The molecule has 2 aromatic rings. The highest BCUT2D eigenvalue weighted by atomic mass is 16.5. The smallest absolute Gasteiger partial charge is 0.286 e. The van der Waals surface area contributed by atoms with E-state index in [1.807, 2.05) is 24.3 Å². The minimum atomic E-state index is -0.685. The summed E-state index contributed by atoms with van der Waals surface area (Å²) in [6.45, 7) is 0.333. The van der Waals surface area contributed by atoms with Gasteiger partial charge in [-0.3, -0.25) is 4.79 Å². The lowest BCUT2D eigenvalue weighted by Crippen LogP contribution is -2.15. The fourth-order valence-electron chi connectivity index (χ4n) is 1.42. The Kier molecular flexibility index (Phi) is 3.92. The molecule has 0 unspecified atom stereocenters. The van der Waals surface area contributed by atoms with Crippen LogP contribution in [0.5, 0.6) is 11.6 Å². The predicted molar refractivity (Wildman–Crippen MR) is 67.9 cm³/mol. The summed E-state index contributed by atoms with van der Waals surface area (Å²) in [6.07, 6.45) is 1.43. The van der Waals surface area contributed by atoms with Crippen LogP contribution in [0.1, 0.15) is 16.2 Å². The van der Waals surface area contributed by atoms with Crippen molar-refractivity contribution >= 4 is 5.91 Å². The summed E-state index contributed by atoms with van der Waals surface area (Å²) in [7, 11) is 1.61. The van der Waals surface area contributed by atoms with Crippen molar-refractivity contribution in [2.45, 2.75) is 6.61 Å². The third-order valence-electron chi connectivity index (χ3n) is 2.40. The third kappa shape index (κ3) is 3.41. The molecule has 0 saturated carbocycles. The van der Waals surface area contributed by atoms with Gasteiger partial charge in [0, 0.05) is 12.3 Å². The topological polar surface area (TPSA) is 87.3 Å². The van der Waals surface area contributed by atoms with Crippen molar-refractivity contribution in [3.63, 3.8) is 0 Å². The van der Waals surface area contributed by atoms with Gasteiger partial charge in [-0.15, -0.1) is 0 Å². The molecule has 0 radical (unpaired) electrons. The van der Waals surface area contributed by atoms with Gasteiger partial charge in [0.15, 0.2) is 0 Å². The highest BCUT2D eigenvalue weighted by Gasteiger charge is 2.05. The number of ether oxygens (including phenoxy) is 2. The Bertz CT molecular complexity index is 570. The van der Waals surface area contributed by atoms with Gasteiger partial charge in [0.05, 0.1) is 7.11 Å². The number of benzene rings is 1. The standard InChI is InChI=1S/C13H13N3O3/c1-18-10-4-2-9(3-5-10)8-19-11-6-7-15-13(16-11)12(14)17/h2-7H,8H2,1H3,(H2,14,17). The molecule has 6 heteroatoms. The summed E-state index contributed by atoms with van der Waals surface area (Å²) in [6, 6.07) is 9.01. The molecule has 0 bridgehead atoms. The first kappa shape index (κ1) is 12.8. The van der Waals surface area contributed by atoms with Crippen LogP contribution >= 0.6 is 0 Å². The molecule has 0 aliphatic rings. The highest BCUT2D eigenvalue weighted by molar-refractivity contribution is 5.88. The Labute approximate surface area is 110 Å². The number of primary amides is 1. The van der Waals surface area contributed by atoms with E-state index in [1.54, 1.807) is 13.2 Å². The lowest BCUT2D eigenvalue weighted by atomic mass is 10.2. The zero-order valence-corrected chi connectivity index (χ0v) is 10.4. The molecule has 0 fully saturated rings. The molecule has 0 aliphatic heterocycles. The number of rotatable bonds is 5. The predicted octanol–water partition coefficient (Wildman–Crippen LogP) is 1.16. The van der Waals surface area contributed by atoms with Crippen molar-refractivity contribution in [3.05, 3.63) is 47.9 Å². The molecule has 0 atom stereocenters. The van der Waals surface area contributed by atoms with Gasteiger partial charge in [-0.1, -0.05) is 12.1 Å². The minimum absolute atomic E-state index is 0.0627. The molecule has 6 nitrogen and oxygen atoms in total. The van der Waals surface area contributed by atoms with E-state index in [1.165, 1.54) is 6.20 Å². The first-order valence-electron chi connectivity index (χ1n) is 5.57. The van der Waals surface area contributed by atoms with Crippen LogP contribution in [0.4, 0.5) is 0 Å². The van der Waals surface area contributed by atoms with Crippen molar-refractivity contribution in [1.29, 1.82) is 0 Å². The van der Waals surface area contributed by atoms with E-state index in [-0.39, 0.29) is 5.82 Å². The Morgan fingerprint density at radius 2 is 2.00 bits per heavy atom. The van der Waals surface area contributed by atoms with Crippen LogP contribution < -0.4 is 15.2 Å². The molecule has 1 aromatic heterocycles. The number of nitrogens with zero attached hydrogens (tertiary/aromatic N) is 2. The fourth-order valence-corrected chi connectivity index (χ4v) is 1.42. The van der Waals surface area contributed by atoms with Gasteiger partial charge in [-0.25, -0.2) is 4.98 Å². The average Bonchev–Trinajstić information content (AvgIpc) is 2.46. The van der Waals surface area contributed by atoms with Crippen LogP contribution in [0.15, 0.2) is 36.5 Å². The Balaban J connectivity index is 2.01. The van der Waals surface area contributed by atoms with Crippen molar-refractivity contribution in [2.24, 2.45) is 5.73 Å². The first-order valence-corrected chi connectivity index (χ1v) is 5.57. The van der Waals surface area contributed by atoms with E-state index < -0.39 is 5.91 Å². The Morgan fingerprint density at radius 3 is 2.63 bits per heavy atom. The summed E-state index contributed by atoms with van der Waals surface area (Å²) in [5, 5.41) is 0. The van der Waals surface area contributed by atoms with Gasteiger partial charge in [-0.05, 0) is 17.7 Å². The van der Waals surface area contributed by atoms with Crippen molar-refractivity contribution in [1.82, 2.24) is 9.97 Å². The molecular weight excluding hydrogens is 246 g/mol. The number of methoxy groups -OCH3 is 1. The zero-order chi connectivity index (χ0) is 13.7. The van der Waals surface area contributed by atoms with E-state index in [9.17, 15) is 4.79 Å². The molecule has 2 N–H and O–H groups in total. The summed E-state index contributed by atoms with van der Waals surface area (Å²) in [4.78, 5) is 18.5. The van der Waals surface area contributed by atoms with Crippen LogP contribution in [-0.4, -0.2) is 23.0 Å². The number of nitrogens with two attached hydrogens (primary N) is 1. The largest absolute Gasteiger partial charge is 0.497 e. The zero-order valence-electron chi connectivity index (χ0n) is 10.4. The maximum absolute atomic E-state index is 10.9. The maximum Gasteiger partial charge on any atom is 0.286 e. The van der Waals surface area contributed by atoms with Gasteiger partial charge >= 0.3 is 0 Å². The average molecular weight is 259 g/mol.